The zero-order valence-corrected chi connectivity index (χ0v) is 15.2. The van der Waals surface area contributed by atoms with E-state index in [1.807, 2.05) is 6.07 Å². The molecule has 3 rings (SSSR count). The van der Waals surface area contributed by atoms with Crippen LogP contribution in [0.15, 0.2) is 29.4 Å². The van der Waals surface area contributed by atoms with Crippen LogP contribution < -0.4 is 0 Å². The van der Waals surface area contributed by atoms with Crippen molar-refractivity contribution >= 4 is 11.8 Å². The standard InChI is InChI=1S/C18H25FN4S/c1-22(2)11-12-24-18-21-20-17(14-7-6-8-15(19)13-14)23(18)16-9-4-3-5-10-16/h6-8,13,16H,3-5,9-12H2,1-2H3. The summed E-state index contributed by atoms with van der Waals surface area (Å²) in [5.74, 6) is 1.54. The van der Waals surface area contributed by atoms with Gasteiger partial charge in [-0.3, -0.25) is 4.57 Å². The lowest BCUT2D eigenvalue weighted by Crippen LogP contribution is -2.17. The number of halogens is 1. The third-order valence-corrected chi connectivity index (χ3v) is 5.38. The van der Waals surface area contributed by atoms with Gasteiger partial charge in [-0.15, -0.1) is 10.2 Å². The average molecular weight is 348 g/mol. The molecule has 130 valence electrons. The van der Waals surface area contributed by atoms with Crippen LogP contribution in [0.4, 0.5) is 4.39 Å². The maximum absolute atomic E-state index is 13.7. The summed E-state index contributed by atoms with van der Waals surface area (Å²) in [6.07, 6.45) is 6.10. The molecule has 1 aliphatic carbocycles. The van der Waals surface area contributed by atoms with Gasteiger partial charge in [0.25, 0.3) is 0 Å². The molecule has 1 aromatic heterocycles. The van der Waals surface area contributed by atoms with Crippen LogP contribution in [-0.4, -0.2) is 46.1 Å². The van der Waals surface area contributed by atoms with E-state index in [4.69, 9.17) is 0 Å². The third kappa shape index (κ3) is 4.16. The van der Waals surface area contributed by atoms with Gasteiger partial charge < -0.3 is 4.90 Å². The zero-order chi connectivity index (χ0) is 16.9. The Hall–Kier alpha value is -1.40. The lowest BCUT2D eigenvalue weighted by atomic mass is 9.95. The second-order valence-electron chi connectivity index (χ2n) is 6.63. The van der Waals surface area contributed by atoms with Crippen LogP contribution in [0.1, 0.15) is 38.1 Å². The van der Waals surface area contributed by atoms with Gasteiger partial charge in [-0.25, -0.2) is 4.39 Å². The highest BCUT2D eigenvalue weighted by atomic mass is 32.2. The monoisotopic (exact) mass is 348 g/mol. The summed E-state index contributed by atoms with van der Waals surface area (Å²) >= 11 is 1.74. The molecule has 6 heteroatoms. The summed E-state index contributed by atoms with van der Waals surface area (Å²) in [7, 11) is 4.15. The van der Waals surface area contributed by atoms with E-state index in [9.17, 15) is 4.39 Å². The molecule has 0 atom stereocenters. The van der Waals surface area contributed by atoms with E-state index >= 15 is 0 Å². The molecule has 1 heterocycles. The summed E-state index contributed by atoms with van der Waals surface area (Å²) in [6, 6.07) is 7.10. The molecule has 0 saturated heterocycles. The molecule has 1 aromatic carbocycles. The molecule has 0 radical (unpaired) electrons. The molecular weight excluding hydrogens is 323 g/mol. The summed E-state index contributed by atoms with van der Waals surface area (Å²) < 4.78 is 15.9. The first-order chi connectivity index (χ1) is 11.6. The Labute approximate surface area is 147 Å². The van der Waals surface area contributed by atoms with Crippen LogP contribution in [0, 0.1) is 5.82 Å². The van der Waals surface area contributed by atoms with Crippen molar-refractivity contribution in [2.75, 3.05) is 26.4 Å². The molecular formula is C18H25FN4S. The lowest BCUT2D eigenvalue weighted by Gasteiger charge is -2.25. The molecule has 0 N–H and O–H groups in total. The smallest absolute Gasteiger partial charge is 0.191 e. The van der Waals surface area contributed by atoms with E-state index in [0.29, 0.717) is 6.04 Å². The van der Waals surface area contributed by atoms with E-state index in [1.165, 1.54) is 25.3 Å². The Morgan fingerprint density at radius 2 is 2.00 bits per heavy atom. The maximum Gasteiger partial charge on any atom is 0.191 e. The van der Waals surface area contributed by atoms with Crippen molar-refractivity contribution in [1.82, 2.24) is 19.7 Å². The second-order valence-corrected chi connectivity index (χ2v) is 7.69. The molecule has 0 amide bonds. The van der Waals surface area contributed by atoms with Crippen LogP contribution in [0.5, 0.6) is 0 Å². The van der Waals surface area contributed by atoms with Gasteiger partial charge in [-0.2, -0.15) is 0 Å². The fraction of sp³-hybridized carbons (Fsp3) is 0.556. The summed E-state index contributed by atoms with van der Waals surface area (Å²) in [5, 5.41) is 9.80. The fourth-order valence-electron chi connectivity index (χ4n) is 3.19. The van der Waals surface area contributed by atoms with Gasteiger partial charge in [0, 0.05) is 23.9 Å². The zero-order valence-electron chi connectivity index (χ0n) is 14.4. The number of benzene rings is 1. The van der Waals surface area contributed by atoms with Crippen LogP contribution in [0.25, 0.3) is 11.4 Å². The summed E-state index contributed by atoms with van der Waals surface area (Å²) in [5.41, 5.74) is 0.813. The molecule has 0 aliphatic heterocycles. The third-order valence-electron chi connectivity index (χ3n) is 4.46. The largest absolute Gasteiger partial charge is 0.309 e. The fourth-order valence-corrected chi connectivity index (χ4v) is 4.30. The summed E-state index contributed by atoms with van der Waals surface area (Å²) in [4.78, 5) is 2.17. The van der Waals surface area contributed by atoms with Crippen molar-refractivity contribution in [3.8, 4) is 11.4 Å². The minimum absolute atomic E-state index is 0.229. The Morgan fingerprint density at radius 3 is 2.71 bits per heavy atom. The first kappa shape index (κ1) is 17.4. The Bertz CT molecular complexity index is 665. The normalized spacial score (nSPS) is 16.0. The van der Waals surface area contributed by atoms with Crippen molar-refractivity contribution in [1.29, 1.82) is 0 Å². The highest BCUT2D eigenvalue weighted by Gasteiger charge is 2.23. The highest BCUT2D eigenvalue weighted by Crippen LogP contribution is 2.35. The molecule has 1 saturated carbocycles. The van der Waals surface area contributed by atoms with Gasteiger partial charge in [0.15, 0.2) is 11.0 Å². The number of rotatable bonds is 6. The number of hydrogen-bond donors (Lipinski definition) is 0. The minimum atomic E-state index is -0.229. The summed E-state index contributed by atoms with van der Waals surface area (Å²) in [6.45, 7) is 0.998. The van der Waals surface area contributed by atoms with Crippen molar-refractivity contribution in [2.45, 2.75) is 43.3 Å². The predicted molar refractivity (Wildman–Crippen MR) is 96.8 cm³/mol. The number of nitrogens with zero attached hydrogens (tertiary/aromatic N) is 4. The number of aromatic nitrogens is 3. The molecule has 0 bridgehead atoms. The quantitative estimate of drug-likeness (QED) is 0.731. The van der Waals surface area contributed by atoms with Gasteiger partial charge in [-0.1, -0.05) is 43.2 Å². The van der Waals surface area contributed by atoms with Crippen molar-refractivity contribution in [2.24, 2.45) is 0 Å². The van der Waals surface area contributed by atoms with Crippen LogP contribution in [0.3, 0.4) is 0 Å². The van der Waals surface area contributed by atoms with Crippen molar-refractivity contribution < 1.29 is 4.39 Å². The van der Waals surface area contributed by atoms with Gasteiger partial charge in [0.1, 0.15) is 5.82 Å². The first-order valence-corrected chi connectivity index (χ1v) is 9.62. The van der Waals surface area contributed by atoms with E-state index < -0.39 is 0 Å². The van der Waals surface area contributed by atoms with E-state index in [-0.39, 0.29) is 5.82 Å². The van der Waals surface area contributed by atoms with Gasteiger partial charge in [-0.05, 0) is 39.1 Å². The maximum atomic E-state index is 13.7. The van der Waals surface area contributed by atoms with E-state index in [0.717, 1.165) is 41.7 Å². The van der Waals surface area contributed by atoms with Crippen LogP contribution in [-0.2, 0) is 0 Å². The highest BCUT2D eigenvalue weighted by molar-refractivity contribution is 7.99. The number of thioether (sulfide) groups is 1. The SMILES string of the molecule is CN(C)CCSc1nnc(-c2cccc(F)c2)n1C1CCCCC1. The average Bonchev–Trinajstić information content (AvgIpc) is 2.99. The van der Waals surface area contributed by atoms with Gasteiger partial charge >= 0.3 is 0 Å². The van der Waals surface area contributed by atoms with E-state index in [2.05, 4.69) is 33.8 Å². The molecule has 0 unspecified atom stereocenters. The molecule has 2 aromatic rings. The lowest BCUT2D eigenvalue weighted by molar-refractivity contribution is 0.339. The number of hydrogen-bond acceptors (Lipinski definition) is 4. The molecule has 4 nitrogen and oxygen atoms in total. The molecule has 1 aliphatic rings. The molecule has 24 heavy (non-hydrogen) atoms. The van der Waals surface area contributed by atoms with E-state index in [1.54, 1.807) is 23.9 Å². The van der Waals surface area contributed by atoms with Crippen molar-refractivity contribution in [3.63, 3.8) is 0 Å². The first-order valence-electron chi connectivity index (χ1n) is 8.63. The topological polar surface area (TPSA) is 34.0 Å². The molecule has 0 spiro atoms. The minimum Gasteiger partial charge on any atom is -0.309 e. The second kappa shape index (κ2) is 8.12. The van der Waals surface area contributed by atoms with Gasteiger partial charge in [0.2, 0.25) is 0 Å². The van der Waals surface area contributed by atoms with Crippen LogP contribution in [0.2, 0.25) is 0 Å². The Morgan fingerprint density at radius 1 is 1.21 bits per heavy atom. The Balaban J connectivity index is 1.91. The molecule has 1 fully saturated rings. The van der Waals surface area contributed by atoms with Crippen LogP contribution >= 0.6 is 11.8 Å². The van der Waals surface area contributed by atoms with Gasteiger partial charge in [0.05, 0.1) is 0 Å². The van der Waals surface area contributed by atoms with Crippen molar-refractivity contribution in [3.05, 3.63) is 30.1 Å². The predicted octanol–water partition coefficient (Wildman–Crippen LogP) is 4.24. The Kier molecular flexibility index (Phi) is 5.89.